The third-order valence-corrected chi connectivity index (χ3v) is 5.73. The summed E-state index contributed by atoms with van der Waals surface area (Å²) in [5, 5.41) is 5.52. The zero-order valence-electron chi connectivity index (χ0n) is 18.2. The molecule has 2 N–H and O–H groups in total. The molecule has 0 aromatic heterocycles. The molecule has 0 radical (unpaired) electrons. The molecule has 2 aliphatic rings. The van der Waals surface area contributed by atoms with E-state index in [0.717, 1.165) is 26.2 Å². The normalized spacial score (nSPS) is 18.4. The van der Waals surface area contributed by atoms with E-state index in [1.165, 1.54) is 0 Å². The molecule has 2 aliphatic heterocycles. The van der Waals surface area contributed by atoms with E-state index in [1.54, 1.807) is 29.2 Å². The summed E-state index contributed by atoms with van der Waals surface area (Å²) < 4.78 is 0. The maximum atomic E-state index is 12.9. The van der Waals surface area contributed by atoms with E-state index in [-0.39, 0.29) is 29.8 Å². The van der Waals surface area contributed by atoms with Gasteiger partial charge >= 0.3 is 6.03 Å². The van der Waals surface area contributed by atoms with Crippen LogP contribution in [-0.2, 0) is 4.79 Å². The van der Waals surface area contributed by atoms with Gasteiger partial charge in [-0.05, 0) is 51.9 Å². The molecule has 164 valence electrons. The molecule has 1 aromatic rings. The predicted molar refractivity (Wildman–Crippen MR) is 116 cm³/mol. The van der Waals surface area contributed by atoms with Crippen LogP contribution in [0.2, 0.25) is 0 Å². The van der Waals surface area contributed by atoms with E-state index in [0.29, 0.717) is 37.2 Å². The van der Waals surface area contributed by atoms with Crippen molar-refractivity contribution < 1.29 is 14.4 Å². The van der Waals surface area contributed by atoms with Crippen molar-refractivity contribution in [2.75, 3.05) is 51.6 Å². The largest absolute Gasteiger partial charge is 0.340 e. The van der Waals surface area contributed by atoms with Gasteiger partial charge in [-0.15, -0.1) is 0 Å². The van der Waals surface area contributed by atoms with Crippen LogP contribution < -0.4 is 10.6 Å². The van der Waals surface area contributed by atoms with Crippen molar-refractivity contribution in [3.05, 3.63) is 29.8 Å². The van der Waals surface area contributed by atoms with E-state index in [9.17, 15) is 14.4 Å². The van der Waals surface area contributed by atoms with Crippen LogP contribution in [0.5, 0.6) is 0 Å². The van der Waals surface area contributed by atoms with Crippen molar-refractivity contribution in [1.82, 2.24) is 20.0 Å². The molecule has 30 heavy (non-hydrogen) atoms. The highest BCUT2D eigenvalue weighted by Crippen LogP contribution is 2.22. The number of hydrogen-bond donors (Lipinski definition) is 2. The molecule has 8 nitrogen and oxygen atoms in total. The molecule has 0 aliphatic carbocycles. The summed E-state index contributed by atoms with van der Waals surface area (Å²) in [5.41, 5.74) is 1.13. The second-order valence-corrected chi connectivity index (χ2v) is 8.53. The lowest BCUT2D eigenvalue weighted by molar-refractivity contribution is -0.138. The van der Waals surface area contributed by atoms with E-state index < -0.39 is 0 Å². The van der Waals surface area contributed by atoms with Gasteiger partial charge in [-0.2, -0.15) is 0 Å². The zero-order chi connectivity index (χ0) is 21.7. The third-order valence-electron chi connectivity index (χ3n) is 5.73. The number of carbonyl (C=O) groups is 3. The first-order valence-electron chi connectivity index (χ1n) is 10.8. The molecule has 0 atom stereocenters. The minimum absolute atomic E-state index is 0.00480. The number of piperidine rings is 1. The lowest BCUT2D eigenvalue weighted by atomic mass is 9.94. The highest BCUT2D eigenvalue weighted by Gasteiger charge is 2.31. The summed E-state index contributed by atoms with van der Waals surface area (Å²) in [7, 11) is 2.08. The van der Waals surface area contributed by atoms with E-state index in [2.05, 4.69) is 22.6 Å². The van der Waals surface area contributed by atoms with Crippen molar-refractivity contribution in [1.29, 1.82) is 0 Å². The van der Waals surface area contributed by atoms with Crippen molar-refractivity contribution in [2.24, 2.45) is 5.92 Å². The first-order valence-corrected chi connectivity index (χ1v) is 10.8. The number of anilines is 1. The highest BCUT2D eigenvalue weighted by atomic mass is 16.2. The van der Waals surface area contributed by atoms with Gasteiger partial charge in [0, 0.05) is 62.5 Å². The Morgan fingerprint density at radius 1 is 0.967 bits per heavy atom. The Kier molecular flexibility index (Phi) is 7.31. The second-order valence-electron chi connectivity index (χ2n) is 8.53. The SMILES string of the molecule is CC(C)NC(=O)Nc1cccc(C(=O)N2CCC(C(=O)N3CCN(C)CC3)CC2)c1. The van der Waals surface area contributed by atoms with Gasteiger partial charge in [0.1, 0.15) is 0 Å². The number of amides is 4. The summed E-state index contributed by atoms with van der Waals surface area (Å²) >= 11 is 0. The Balaban J connectivity index is 1.53. The Bertz CT molecular complexity index is 766. The first kappa shape index (κ1) is 22.1. The van der Waals surface area contributed by atoms with Gasteiger partial charge < -0.3 is 25.3 Å². The highest BCUT2D eigenvalue weighted by molar-refractivity contribution is 5.97. The lowest BCUT2D eigenvalue weighted by Crippen LogP contribution is -2.51. The number of likely N-dealkylation sites (tertiary alicyclic amines) is 1. The maximum absolute atomic E-state index is 12.9. The summed E-state index contributed by atoms with van der Waals surface area (Å²) in [5.74, 6) is 0.177. The average molecular weight is 416 g/mol. The first-order chi connectivity index (χ1) is 14.3. The van der Waals surface area contributed by atoms with Gasteiger partial charge in [0.2, 0.25) is 5.91 Å². The van der Waals surface area contributed by atoms with Crippen LogP contribution in [0, 0.1) is 5.92 Å². The van der Waals surface area contributed by atoms with Crippen molar-refractivity contribution in [3.63, 3.8) is 0 Å². The van der Waals surface area contributed by atoms with Crippen LogP contribution in [0.4, 0.5) is 10.5 Å². The van der Waals surface area contributed by atoms with Crippen LogP contribution in [0.3, 0.4) is 0 Å². The minimum atomic E-state index is -0.294. The van der Waals surface area contributed by atoms with Crippen molar-refractivity contribution in [2.45, 2.75) is 32.7 Å². The van der Waals surface area contributed by atoms with E-state index >= 15 is 0 Å². The van der Waals surface area contributed by atoms with Gasteiger partial charge in [-0.1, -0.05) is 6.07 Å². The summed E-state index contributed by atoms with van der Waals surface area (Å²) in [6.07, 6.45) is 1.40. The van der Waals surface area contributed by atoms with Crippen LogP contribution in [0.25, 0.3) is 0 Å². The number of urea groups is 1. The Morgan fingerprint density at radius 2 is 1.63 bits per heavy atom. The van der Waals surface area contributed by atoms with Crippen LogP contribution in [0.15, 0.2) is 24.3 Å². The summed E-state index contributed by atoms with van der Waals surface area (Å²) in [4.78, 5) is 43.6. The van der Waals surface area contributed by atoms with Gasteiger partial charge in [-0.25, -0.2) is 4.79 Å². The average Bonchev–Trinajstić information content (AvgIpc) is 2.73. The smallest absolute Gasteiger partial charge is 0.319 e. The second kappa shape index (κ2) is 9.93. The number of likely N-dealkylation sites (N-methyl/N-ethyl adjacent to an activating group) is 1. The number of benzene rings is 1. The van der Waals surface area contributed by atoms with Gasteiger partial charge in [-0.3, -0.25) is 9.59 Å². The molecule has 0 spiro atoms. The molecule has 2 fully saturated rings. The number of nitrogens with one attached hydrogen (secondary N) is 2. The lowest BCUT2D eigenvalue weighted by Gasteiger charge is -2.37. The van der Waals surface area contributed by atoms with Crippen molar-refractivity contribution >= 4 is 23.5 Å². The molecular formula is C22H33N5O3. The van der Waals surface area contributed by atoms with Crippen LogP contribution in [-0.4, -0.2) is 84.9 Å². The van der Waals surface area contributed by atoms with Gasteiger partial charge in [0.15, 0.2) is 0 Å². The molecule has 4 amide bonds. The zero-order valence-corrected chi connectivity index (χ0v) is 18.2. The monoisotopic (exact) mass is 415 g/mol. The molecule has 0 bridgehead atoms. The fourth-order valence-corrected chi connectivity index (χ4v) is 3.96. The summed E-state index contributed by atoms with van der Waals surface area (Å²) in [6.45, 7) is 8.35. The number of piperazine rings is 1. The van der Waals surface area contributed by atoms with Gasteiger partial charge in [0.25, 0.3) is 5.91 Å². The van der Waals surface area contributed by atoms with E-state index in [4.69, 9.17) is 0 Å². The predicted octanol–water partition coefficient (Wildman–Crippen LogP) is 1.84. The summed E-state index contributed by atoms with van der Waals surface area (Å²) in [6, 6.07) is 6.72. The third kappa shape index (κ3) is 5.72. The quantitative estimate of drug-likeness (QED) is 0.786. The number of carbonyl (C=O) groups excluding carboxylic acids is 3. The van der Waals surface area contributed by atoms with Gasteiger partial charge in [0.05, 0.1) is 0 Å². The minimum Gasteiger partial charge on any atom is -0.340 e. The fraction of sp³-hybridized carbons (Fsp3) is 0.591. The molecule has 3 rings (SSSR count). The number of nitrogens with zero attached hydrogens (tertiary/aromatic N) is 3. The Labute approximate surface area is 178 Å². The number of rotatable bonds is 4. The molecule has 0 saturated carbocycles. The van der Waals surface area contributed by atoms with Crippen LogP contribution in [0.1, 0.15) is 37.0 Å². The molecule has 8 heteroatoms. The standard InChI is InChI=1S/C22H33N5O3/c1-16(2)23-22(30)24-19-6-4-5-18(15-19)21(29)26-9-7-17(8-10-26)20(28)27-13-11-25(3)12-14-27/h4-6,15-17H,7-14H2,1-3H3,(H2,23,24,30). The fourth-order valence-electron chi connectivity index (χ4n) is 3.96. The molecule has 1 aromatic carbocycles. The molecular weight excluding hydrogens is 382 g/mol. The van der Waals surface area contributed by atoms with Crippen LogP contribution >= 0.6 is 0 Å². The molecule has 2 saturated heterocycles. The Hall–Kier alpha value is -2.61. The molecule has 2 heterocycles. The number of hydrogen-bond acceptors (Lipinski definition) is 4. The topological polar surface area (TPSA) is 85.0 Å². The van der Waals surface area contributed by atoms with E-state index in [1.807, 2.05) is 18.7 Å². The maximum Gasteiger partial charge on any atom is 0.319 e. The Morgan fingerprint density at radius 3 is 2.27 bits per heavy atom. The van der Waals surface area contributed by atoms with Crippen molar-refractivity contribution in [3.8, 4) is 0 Å². The molecule has 0 unspecified atom stereocenters.